The van der Waals surface area contributed by atoms with Gasteiger partial charge in [0.15, 0.2) is 0 Å². The number of hydrogen-bond donors (Lipinski definition) is 1. The summed E-state index contributed by atoms with van der Waals surface area (Å²) >= 11 is 0. The number of fused-ring (bicyclic) bond motifs is 1. The minimum Gasteiger partial charge on any atom is -0.467 e. The van der Waals surface area contributed by atoms with Gasteiger partial charge >= 0.3 is 5.97 Å². The van der Waals surface area contributed by atoms with Gasteiger partial charge in [0.25, 0.3) is 0 Å². The first-order valence-corrected chi connectivity index (χ1v) is 7.07. The number of rotatable bonds is 5. The molecule has 0 heterocycles. The number of methoxy groups -OCH3 is 2. The maximum Gasteiger partial charge on any atom is 0.330 e. The standard InChI is InChI=1S/C16H23NO3/c1-12-8-9-16(15(18)20-3,17-10-11-19-2)14-7-5-4-6-13(12)14/h4-7,12,17H,8-11H2,1-3H3. The molecule has 4 nitrogen and oxygen atoms in total. The summed E-state index contributed by atoms with van der Waals surface area (Å²) < 4.78 is 10.2. The van der Waals surface area contributed by atoms with E-state index in [2.05, 4.69) is 18.3 Å². The summed E-state index contributed by atoms with van der Waals surface area (Å²) in [7, 11) is 3.10. The lowest BCUT2D eigenvalue weighted by Crippen LogP contribution is -2.53. The summed E-state index contributed by atoms with van der Waals surface area (Å²) in [5, 5.41) is 3.36. The average Bonchev–Trinajstić information content (AvgIpc) is 2.49. The maximum atomic E-state index is 12.4. The molecule has 0 saturated carbocycles. The smallest absolute Gasteiger partial charge is 0.330 e. The van der Waals surface area contributed by atoms with Gasteiger partial charge in [0.05, 0.1) is 13.7 Å². The van der Waals surface area contributed by atoms with Crippen molar-refractivity contribution in [1.29, 1.82) is 0 Å². The van der Waals surface area contributed by atoms with Crippen molar-refractivity contribution in [2.75, 3.05) is 27.4 Å². The molecule has 2 rings (SSSR count). The van der Waals surface area contributed by atoms with E-state index in [4.69, 9.17) is 9.47 Å². The van der Waals surface area contributed by atoms with Crippen LogP contribution in [0.1, 0.15) is 36.8 Å². The Labute approximate surface area is 120 Å². The van der Waals surface area contributed by atoms with Crippen LogP contribution in [0.15, 0.2) is 24.3 Å². The highest BCUT2D eigenvalue weighted by Gasteiger charge is 2.45. The molecule has 0 bridgehead atoms. The molecule has 0 spiro atoms. The Morgan fingerprint density at radius 3 is 2.85 bits per heavy atom. The van der Waals surface area contributed by atoms with E-state index < -0.39 is 5.54 Å². The van der Waals surface area contributed by atoms with E-state index in [0.29, 0.717) is 19.1 Å². The Bertz CT molecular complexity index is 475. The predicted octanol–water partition coefficient (Wildman–Crippen LogP) is 2.19. The molecule has 0 amide bonds. The maximum absolute atomic E-state index is 12.4. The molecule has 2 atom stereocenters. The normalized spacial score (nSPS) is 25.1. The van der Waals surface area contributed by atoms with E-state index in [9.17, 15) is 4.79 Å². The molecule has 0 aromatic heterocycles. The lowest BCUT2D eigenvalue weighted by atomic mass is 9.72. The average molecular weight is 277 g/mol. The van der Waals surface area contributed by atoms with Crippen molar-refractivity contribution in [3.8, 4) is 0 Å². The van der Waals surface area contributed by atoms with Gasteiger partial charge in [-0.3, -0.25) is 5.32 Å². The van der Waals surface area contributed by atoms with Gasteiger partial charge in [-0.25, -0.2) is 4.79 Å². The molecule has 1 aromatic rings. The molecule has 0 radical (unpaired) electrons. The SMILES string of the molecule is COCCNC1(C(=O)OC)CCC(C)c2ccccc21. The minimum absolute atomic E-state index is 0.215. The van der Waals surface area contributed by atoms with Crippen molar-refractivity contribution >= 4 is 5.97 Å². The first-order valence-electron chi connectivity index (χ1n) is 7.07. The van der Waals surface area contributed by atoms with E-state index in [1.807, 2.05) is 18.2 Å². The fourth-order valence-corrected chi connectivity index (χ4v) is 3.05. The molecule has 4 heteroatoms. The Kier molecular flexibility index (Phi) is 4.78. The van der Waals surface area contributed by atoms with Gasteiger partial charge in [-0.2, -0.15) is 0 Å². The molecule has 110 valence electrons. The van der Waals surface area contributed by atoms with Gasteiger partial charge in [0.2, 0.25) is 0 Å². The van der Waals surface area contributed by atoms with Crippen LogP contribution < -0.4 is 5.32 Å². The van der Waals surface area contributed by atoms with E-state index in [0.717, 1.165) is 18.4 Å². The lowest BCUT2D eigenvalue weighted by Gasteiger charge is -2.39. The van der Waals surface area contributed by atoms with Crippen LogP contribution >= 0.6 is 0 Å². The summed E-state index contributed by atoms with van der Waals surface area (Å²) in [6, 6.07) is 8.14. The fraction of sp³-hybridized carbons (Fsp3) is 0.562. The van der Waals surface area contributed by atoms with Gasteiger partial charge in [0.1, 0.15) is 5.54 Å². The third-order valence-electron chi connectivity index (χ3n) is 4.17. The van der Waals surface area contributed by atoms with Gasteiger partial charge < -0.3 is 9.47 Å². The molecule has 1 aromatic carbocycles. The Balaban J connectivity index is 2.41. The summed E-state index contributed by atoms with van der Waals surface area (Å²) in [4.78, 5) is 12.4. The Morgan fingerprint density at radius 2 is 2.15 bits per heavy atom. The second-order valence-electron chi connectivity index (χ2n) is 5.34. The number of carbonyl (C=O) groups is 1. The van der Waals surface area contributed by atoms with E-state index in [1.165, 1.54) is 12.7 Å². The molecule has 1 N–H and O–H groups in total. The zero-order chi connectivity index (χ0) is 14.6. The first-order chi connectivity index (χ1) is 9.65. The highest BCUT2D eigenvalue weighted by molar-refractivity contribution is 5.83. The quantitative estimate of drug-likeness (QED) is 0.662. The second-order valence-corrected chi connectivity index (χ2v) is 5.34. The highest BCUT2D eigenvalue weighted by atomic mass is 16.5. The molecule has 1 aliphatic rings. The Hall–Kier alpha value is -1.39. The van der Waals surface area contributed by atoms with Crippen LogP contribution in [0.4, 0.5) is 0 Å². The van der Waals surface area contributed by atoms with Crippen LogP contribution in [0.3, 0.4) is 0 Å². The van der Waals surface area contributed by atoms with Gasteiger partial charge in [-0.05, 0) is 29.9 Å². The second kappa shape index (κ2) is 6.37. The summed E-state index contributed by atoms with van der Waals surface area (Å²) in [5.74, 6) is 0.251. The zero-order valence-electron chi connectivity index (χ0n) is 12.4. The van der Waals surface area contributed by atoms with Crippen LogP contribution in [0.2, 0.25) is 0 Å². The van der Waals surface area contributed by atoms with Crippen molar-refractivity contribution in [3.05, 3.63) is 35.4 Å². The monoisotopic (exact) mass is 277 g/mol. The Morgan fingerprint density at radius 1 is 1.40 bits per heavy atom. The van der Waals surface area contributed by atoms with Crippen LogP contribution in [-0.4, -0.2) is 33.3 Å². The van der Waals surface area contributed by atoms with Crippen LogP contribution in [0, 0.1) is 0 Å². The fourth-order valence-electron chi connectivity index (χ4n) is 3.05. The highest BCUT2D eigenvalue weighted by Crippen LogP contribution is 2.41. The van der Waals surface area contributed by atoms with E-state index >= 15 is 0 Å². The molecular formula is C16H23NO3. The third kappa shape index (κ3) is 2.58. The number of carbonyl (C=O) groups excluding carboxylic acids is 1. The number of benzene rings is 1. The van der Waals surface area contributed by atoms with Gasteiger partial charge in [-0.15, -0.1) is 0 Å². The van der Waals surface area contributed by atoms with Gasteiger partial charge in [-0.1, -0.05) is 31.2 Å². The van der Waals surface area contributed by atoms with Crippen molar-refractivity contribution in [2.45, 2.75) is 31.2 Å². The summed E-state index contributed by atoms with van der Waals surface area (Å²) in [6.45, 7) is 3.39. The molecular weight excluding hydrogens is 254 g/mol. The number of hydrogen-bond acceptors (Lipinski definition) is 4. The van der Waals surface area contributed by atoms with E-state index in [1.54, 1.807) is 7.11 Å². The van der Waals surface area contributed by atoms with Crippen molar-refractivity contribution in [1.82, 2.24) is 5.32 Å². The summed E-state index contributed by atoms with van der Waals surface area (Å²) in [5.41, 5.74) is 1.53. The van der Waals surface area contributed by atoms with Crippen molar-refractivity contribution < 1.29 is 14.3 Å². The topological polar surface area (TPSA) is 47.6 Å². The van der Waals surface area contributed by atoms with E-state index in [-0.39, 0.29) is 5.97 Å². The number of ether oxygens (including phenoxy) is 2. The third-order valence-corrected chi connectivity index (χ3v) is 4.17. The number of nitrogens with one attached hydrogen (secondary N) is 1. The molecule has 0 saturated heterocycles. The minimum atomic E-state index is -0.740. The summed E-state index contributed by atoms with van der Waals surface area (Å²) in [6.07, 6.45) is 1.72. The molecule has 20 heavy (non-hydrogen) atoms. The van der Waals surface area contributed by atoms with Crippen LogP contribution in [0.25, 0.3) is 0 Å². The predicted molar refractivity (Wildman–Crippen MR) is 77.7 cm³/mol. The first kappa shape index (κ1) is 15.0. The van der Waals surface area contributed by atoms with Gasteiger partial charge in [0, 0.05) is 13.7 Å². The molecule has 1 aliphatic carbocycles. The van der Waals surface area contributed by atoms with Crippen LogP contribution in [0.5, 0.6) is 0 Å². The lowest BCUT2D eigenvalue weighted by molar-refractivity contribution is -0.150. The molecule has 0 fully saturated rings. The molecule has 2 unspecified atom stereocenters. The zero-order valence-corrected chi connectivity index (χ0v) is 12.4. The van der Waals surface area contributed by atoms with Crippen molar-refractivity contribution in [2.24, 2.45) is 0 Å². The largest absolute Gasteiger partial charge is 0.467 e. The molecule has 0 aliphatic heterocycles. The number of esters is 1. The van der Waals surface area contributed by atoms with Crippen LogP contribution in [-0.2, 0) is 19.8 Å². The van der Waals surface area contributed by atoms with Crippen molar-refractivity contribution in [3.63, 3.8) is 0 Å².